The molecule has 21 heavy (non-hydrogen) atoms. The van der Waals surface area contributed by atoms with Crippen molar-refractivity contribution in [1.29, 1.82) is 0 Å². The Morgan fingerprint density at radius 3 is 2.48 bits per heavy atom. The molecule has 0 saturated carbocycles. The summed E-state index contributed by atoms with van der Waals surface area (Å²) in [6.45, 7) is 5.49. The molecule has 5 nitrogen and oxygen atoms in total. The molecule has 0 bridgehead atoms. The summed E-state index contributed by atoms with van der Waals surface area (Å²) in [6.07, 6.45) is 0. The smallest absolute Gasteiger partial charge is 0.121 e. The van der Waals surface area contributed by atoms with Gasteiger partial charge < -0.3 is 10.6 Å². The van der Waals surface area contributed by atoms with Crippen LogP contribution in [0.1, 0.15) is 5.56 Å². The van der Waals surface area contributed by atoms with Crippen LogP contribution in [0.3, 0.4) is 0 Å². The number of benzene rings is 1. The molecule has 0 unspecified atom stereocenters. The van der Waals surface area contributed by atoms with E-state index in [0.717, 1.165) is 38.4 Å². The van der Waals surface area contributed by atoms with Gasteiger partial charge in [0.1, 0.15) is 5.82 Å². The van der Waals surface area contributed by atoms with Crippen LogP contribution in [-0.4, -0.2) is 52.8 Å². The van der Waals surface area contributed by atoms with Crippen LogP contribution in [0.15, 0.2) is 30.3 Å². The highest BCUT2D eigenvalue weighted by Gasteiger charge is 2.16. The fourth-order valence-electron chi connectivity index (χ4n) is 2.77. The summed E-state index contributed by atoms with van der Waals surface area (Å²) >= 11 is 0. The highest BCUT2D eigenvalue weighted by molar-refractivity contribution is 5.66. The van der Waals surface area contributed by atoms with Gasteiger partial charge in [-0.25, -0.2) is 0 Å². The first-order valence-corrected chi connectivity index (χ1v) is 7.42. The van der Waals surface area contributed by atoms with Crippen LogP contribution in [0.25, 0.3) is 11.3 Å². The first kappa shape index (κ1) is 14.1. The highest BCUT2D eigenvalue weighted by atomic mass is 15.3. The van der Waals surface area contributed by atoms with Crippen molar-refractivity contribution >= 4 is 5.82 Å². The van der Waals surface area contributed by atoms with E-state index in [9.17, 15) is 0 Å². The number of piperazine rings is 1. The van der Waals surface area contributed by atoms with Crippen LogP contribution >= 0.6 is 0 Å². The second-order valence-corrected chi connectivity index (χ2v) is 5.81. The molecule has 1 fully saturated rings. The first-order chi connectivity index (χ1) is 10.1. The van der Waals surface area contributed by atoms with Gasteiger partial charge in [0.05, 0.1) is 5.69 Å². The second kappa shape index (κ2) is 5.87. The first-order valence-electron chi connectivity index (χ1n) is 7.42. The summed E-state index contributed by atoms with van der Waals surface area (Å²) < 4.78 is 1.72. The van der Waals surface area contributed by atoms with Crippen LogP contribution in [0.4, 0.5) is 5.82 Å². The monoisotopic (exact) mass is 285 g/mol. The summed E-state index contributed by atoms with van der Waals surface area (Å²) in [4.78, 5) is 4.88. The minimum absolute atomic E-state index is 0.694. The fourth-order valence-corrected chi connectivity index (χ4v) is 2.77. The third-order valence-corrected chi connectivity index (χ3v) is 4.20. The topological polar surface area (TPSA) is 50.3 Å². The predicted molar refractivity (Wildman–Crippen MR) is 85.8 cm³/mol. The van der Waals surface area contributed by atoms with E-state index in [1.807, 2.05) is 13.1 Å². The van der Waals surface area contributed by atoms with E-state index in [1.165, 1.54) is 11.1 Å². The molecule has 0 amide bonds. The van der Waals surface area contributed by atoms with E-state index in [4.69, 9.17) is 5.73 Å². The molecule has 1 aromatic heterocycles. The van der Waals surface area contributed by atoms with Crippen molar-refractivity contribution in [3.8, 4) is 11.3 Å². The van der Waals surface area contributed by atoms with Crippen molar-refractivity contribution in [1.82, 2.24) is 19.6 Å². The predicted octanol–water partition coefficient (Wildman–Crippen LogP) is 1.42. The number of aromatic nitrogens is 2. The van der Waals surface area contributed by atoms with Gasteiger partial charge in [-0.05, 0) is 12.6 Å². The summed E-state index contributed by atoms with van der Waals surface area (Å²) in [6, 6.07) is 10.4. The molecule has 112 valence electrons. The van der Waals surface area contributed by atoms with Gasteiger partial charge in [0.15, 0.2) is 0 Å². The van der Waals surface area contributed by atoms with Crippen molar-refractivity contribution in [3.05, 3.63) is 35.9 Å². The van der Waals surface area contributed by atoms with E-state index in [-0.39, 0.29) is 0 Å². The quantitative estimate of drug-likeness (QED) is 0.926. The van der Waals surface area contributed by atoms with Crippen LogP contribution in [0, 0.1) is 0 Å². The Morgan fingerprint density at radius 1 is 1.10 bits per heavy atom. The number of aryl methyl sites for hydroxylation is 1. The van der Waals surface area contributed by atoms with Crippen LogP contribution in [0.2, 0.25) is 0 Å². The van der Waals surface area contributed by atoms with Gasteiger partial charge in [0, 0.05) is 51.4 Å². The number of rotatable bonds is 3. The highest BCUT2D eigenvalue weighted by Crippen LogP contribution is 2.25. The van der Waals surface area contributed by atoms with Gasteiger partial charge in [-0.15, -0.1) is 0 Å². The Kier molecular flexibility index (Phi) is 3.94. The van der Waals surface area contributed by atoms with Crippen molar-refractivity contribution < 1.29 is 0 Å². The molecule has 0 radical (unpaired) electrons. The number of hydrogen-bond acceptors (Lipinski definition) is 4. The maximum atomic E-state index is 5.91. The molecule has 1 aliphatic rings. The summed E-state index contributed by atoms with van der Waals surface area (Å²) in [5.74, 6) is 0.694. The molecule has 1 saturated heterocycles. The van der Waals surface area contributed by atoms with E-state index >= 15 is 0 Å². The Hall–Kier alpha value is -1.85. The standard InChI is InChI=1S/C16H23N5/c1-19-7-9-21(10-8-19)12-13-5-3-4-6-14(13)15-11-16(17)20(2)18-15/h3-6,11H,7-10,12,17H2,1-2H3. The fraction of sp³-hybridized carbons (Fsp3) is 0.438. The third kappa shape index (κ3) is 3.09. The van der Waals surface area contributed by atoms with Gasteiger partial charge in [-0.3, -0.25) is 9.58 Å². The molecule has 2 aromatic rings. The zero-order valence-electron chi connectivity index (χ0n) is 12.8. The molecule has 0 atom stereocenters. The molecule has 0 spiro atoms. The zero-order valence-corrected chi connectivity index (χ0v) is 12.8. The molecular formula is C16H23N5. The van der Waals surface area contributed by atoms with E-state index < -0.39 is 0 Å². The van der Waals surface area contributed by atoms with Crippen LogP contribution < -0.4 is 5.73 Å². The molecule has 5 heteroatoms. The molecule has 0 aliphatic carbocycles. The summed E-state index contributed by atoms with van der Waals surface area (Å²) in [7, 11) is 4.06. The lowest BCUT2D eigenvalue weighted by Crippen LogP contribution is -2.43. The van der Waals surface area contributed by atoms with Crippen molar-refractivity contribution in [2.45, 2.75) is 6.54 Å². The van der Waals surface area contributed by atoms with Gasteiger partial charge in [-0.1, -0.05) is 24.3 Å². The van der Waals surface area contributed by atoms with E-state index in [0.29, 0.717) is 5.82 Å². The number of hydrogen-bond donors (Lipinski definition) is 1. The van der Waals surface area contributed by atoms with Crippen molar-refractivity contribution in [3.63, 3.8) is 0 Å². The summed E-state index contributed by atoms with van der Waals surface area (Å²) in [5, 5.41) is 4.51. The SMILES string of the molecule is CN1CCN(Cc2ccccc2-c2cc(N)n(C)n2)CC1. The molecule has 1 aliphatic heterocycles. The lowest BCUT2D eigenvalue weighted by atomic mass is 10.0. The van der Waals surface area contributed by atoms with Gasteiger partial charge in [0.25, 0.3) is 0 Å². The maximum absolute atomic E-state index is 5.91. The summed E-state index contributed by atoms with van der Waals surface area (Å²) in [5.41, 5.74) is 9.37. The van der Waals surface area contributed by atoms with Gasteiger partial charge in [-0.2, -0.15) is 5.10 Å². The lowest BCUT2D eigenvalue weighted by molar-refractivity contribution is 0.148. The van der Waals surface area contributed by atoms with Crippen LogP contribution in [-0.2, 0) is 13.6 Å². The minimum Gasteiger partial charge on any atom is -0.384 e. The Labute approximate surface area is 126 Å². The Morgan fingerprint density at radius 2 is 1.81 bits per heavy atom. The van der Waals surface area contributed by atoms with E-state index in [1.54, 1.807) is 4.68 Å². The minimum atomic E-state index is 0.694. The number of likely N-dealkylation sites (N-methyl/N-ethyl adjacent to an activating group) is 1. The Balaban J connectivity index is 1.82. The number of anilines is 1. The second-order valence-electron chi connectivity index (χ2n) is 5.81. The zero-order chi connectivity index (χ0) is 14.8. The molecule has 2 N–H and O–H groups in total. The van der Waals surface area contributed by atoms with E-state index in [2.05, 4.69) is 46.2 Å². The normalized spacial score (nSPS) is 17.2. The number of nitrogen functional groups attached to an aromatic ring is 1. The average Bonchev–Trinajstić information content (AvgIpc) is 2.82. The largest absolute Gasteiger partial charge is 0.384 e. The molecular weight excluding hydrogens is 262 g/mol. The molecule has 1 aromatic carbocycles. The average molecular weight is 285 g/mol. The van der Waals surface area contributed by atoms with Crippen LogP contribution in [0.5, 0.6) is 0 Å². The van der Waals surface area contributed by atoms with Crippen molar-refractivity contribution in [2.24, 2.45) is 7.05 Å². The molecule has 3 rings (SSSR count). The number of nitrogens with two attached hydrogens (primary N) is 1. The maximum Gasteiger partial charge on any atom is 0.121 e. The Bertz CT molecular complexity index is 591. The number of nitrogens with zero attached hydrogens (tertiary/aromatic N) is 4. The van der Waals surface area contributed by atoms with Gasteiger partial charge in [0.2, 0.25) is 0 Å². The van der Waals surface area contributed by atoms with Gasteiger partial charge >= 0.3 is 0 Å². The molecule has 2 heterocycles. The van der Waals surface area contributed by atoms with Crippen molar-refractivity contribution in [2.75, 3.05) is 39.0 Å². The third-order valence-electron chi connectivity index (χ3n) is 4.20. The lowest BCUT2D eigenvalue weighted by Gasteiger charge is -2.32.